The van der Waals surface area contributed by atoms with Crippen LogP contribution in [0.1, 0.15) is 133 Å². The van der Waals surface area contributed by atoms with E-state index in [1.54, 1.807) is 24.3 Å². The first-order valence-corrected chi connectivity index (χ1v) is 36.8. The van der Waals surface area contributed by atoms with Gasteiger partial charge in [0.15, 0.2) is 0 Å². The van der Waals surface area contributed by atoms with Crippen molar-refractivity contribution in [3.05, 3.63) is 248 Å². The van der Waals surface area contributed by atoms with Crippen LogP contribution in [0.3, 0.4) is 0 Å². The maximum absolute atomic E-state index is 12.7. The van der Waals surface area contributed by atoms with E-state index in [2.05, 4.69) is 39.5 Å². The lowest BCUT2D eigenvalue weighted by Crippen LogP contribution is -2.27. The van der Waals surface area contributed by atoms with Crippen LogP contribution in [0.15, 0.2) is 170 Å². The van der Waals surface area contributed by atoms with E-state index in [0.29, 0.717) is 78.6 Å². The lowest BCUT2D eigenvalue weighted by atomic mass is 9.74. The van der Waals surface area contributed by atoms with Gasteiger partial charge in [0.25, 0.3) is 0 Å². The Balaban J connectivity index is 1.70. The van der Waals surface area contributed by atoms with E-state index in [-0.39, 0.29) is 97.0 Å². The van der Waals surface area contributed by atoms with Gasteiger partial charge in [-0.3, -0.25) is 0 Å². The van der Waals surface area contributed by atoms with Crippen LogP contribution in [0.25, 0.3) is 0 Å². The van der Waals surface area contributed by atoms with Crippen molar-refractivity contribution in [1.29, 1.82) is 0 Å². The molecule has 0 aliphatic rings. The second kappa shape index (κ2) is 43.2. The fourth-order valence-electron chi connectivity index (χ4n) is 11.2. The number of esters is 6. The summed E-state index contributed by atoms with van der Waals surface area (Å²) in [6, 6.07) is 29.8. The summed E-state index contributed by atoms with van der Waals surface area (Å²) in [6.07, 6.45) is -7.65. The monoisotopic (exact) mass is 1560 g/mol. The molecule has 0 bridgehead atoms. The van der Waals surface area contributed by atoms with Gasteiger partial charge in [0, 0.05) is 64.5 Å². The van der Waals surface area contributed by atoms with Crippen molar-refractivity contribution >= 4 is 35.8 Å². The van der Waals surface area contributed by atoms with Gasteiger partial charge in [0.05, 0.1) is 0 Å². The lowest BCUT2D eigenvalue weighted by Gasteiger charge is -2.31. The Morgan fingerprint density at radius 1 is 0.283 bits per heavy atom. The van der Waals surface area contributed by atoms with Crippen LogP contribution >= 0.6 is 0 Å². The molecule has 6 atom stereocenters. The molecule has 0 saturated heterocycles. The third-order valence-corrected chi connectivity index (χ3v) is 17.4. The van der Waals surface area contributed by atoms with Crippen molar-refractivity contribution in [2.24, 2.45) is 0 Å². The smallest absolute Gasteiger partial charge is 0.333 e. The third kappa shape index (κ3) is 29.0. The molecule has 608 valence electrons. The van der Waals surface area contributed by atoms with E-state index >= 15 is 0 Å². The molecule has 0 amide bonds. The number of carbonyl (C=O) groups is 6. The van der Waals surface area contributed by atoms with Crippen LogP contribution in [0.5, 0.6) is 34.5 Å². The van der Waals surface area contributed by atoms with Crippen LogP contribution in [-0.2, 0) is 88.3 Å². The Bertz CT molecular complexity index is 3940. The normalized spacial score (nSPS) is 12.8. The molecule has 0 aromatic heterocycles. The summed E-state index contributed by atoms with van der Waals surface area (Å²) in [7, 11) is 0. The number of hydrogen-bond acceptors (Lipinski definition) is 24. The van der Waals surface area contributed by atoms with E-state index in [1.807, 2.05) is 114 Å². The predicted molar refractivity (Wildman–Crippen MR) is 425 cm³/mol. The molecule has 0 heterocycles. The van der Waals surface area contributed by atoms with Crippen molar-refractivity contribution in [1.82, 2.24) is 0 Å². The summed E-state index contributed by atoms with van der Waals surface area (Å²) < 4.78 is 71.1. The van der Waals surface area contributed by atoms with Crippen molar-refractivity contribution in [2.45, 2.75) is 151 Å². The van der Waals surface area contributed by atoms with Gasteiger partial charge in [-0.1, -0.05) is 148 Å². The number of aliphatic hydroxyl groups is 6. The number of aliphatic hydroxyl groups excluding tert-OH is 6. The van der Waals surface area contributed by atoms with Gasteiger partial charge in [-0.15, -0.1) is 0 Å². The Morgan fingerprint density at radius 3 is 0.637 bits per heavy atom. The lowest BCUT2D eigenvalue weighted by molar-refractivity contribution is -0.143. The number of benzene rings is 6. The standard InChI is InChI=1S/C89H108O24/c1-51(2)83(96)108-45-71(90)39-102-77-23-19-57(13)27-61(77)31-65-35-69(36-66(81(65)106-43-75(94)49-112-87(100)55(9)10)32-62-28-58(14)20-24-78(62)103-40-72(91)46-109-84(97)52(3)4)89(17,18)70-37-67(33-63-29-59(15)21-25-79(63)104-41-73(92)47-110-85(98)53(5)6)82(107-44-76(95)50-113-88(101)56(11)12)68(38-70)34-64-30-60(16)22-26-80(64)105-42-74(93)48-111-86(99)54(7)8/h19-30,35-38,71-76,90-95H,1,3,5,7,9,11,31-34,39-50H2,2,4,6,8,10,12-18H3. The van der Waals surface area contributed by atoms with Crippen molar-refractivity contribution < 1.29 is 116 Å². The predicted octanol–water partition coefficient (Wildman–Crippen LogP) is 10.8. The molecule has 6 N–H and O–H groups in total. The first-order chi connectivity index (χ1) is 53.3. The highest BCUT2D eigenvalue weighted by molar-refractivity contribution is 5.89. The highest BCUT2D eigenvalue weighted by atomic mass is 16.6. The molecular formula is C89H108O24. The molecule has 6 unspecified atom stereocenters. The molecule has 0 saturated carbocycles. The van der Waals surface area contributed by atoms with E-state index in [1.165, 1.54) is 41.5 Å². The zero-order valence-corrected chi connectivity index (χ0v) is 66.8. The molecule has 0 aliphatic heterocycles. The average Bonchev–Trinajstić information content (AvgIpc) is 0.757. The molecule has 0 aliphatic carbocycles. The average molecular weight is 1560 g/mol. The Labute approximate surface area is 661 Å². The van der Waals surface area contributed by atoms with Crippen LogP contribution in [0.2, 0.25) is 0 Å². The zero-order chi connectivity index (χ0) is 83.6. The minimum absolute atomic E-state index is 0.0482. The summed E-state index contributed by atoms with van der Waals surface area (Å²) in [5.41, 5.74) is 8.84. The number of hydrogen-bond donors (Lipinski definition) is 6. The topological polar surface area (TPSA) is 335 Å². The fourth-order valence-corrected chi connectivity index (χ4v) is 11.2. The summed E-state index contributed by atoms with van der Waals surface area (Å²) in [6.45, 7) is 37.8. The number of aryl methyl sites for hydroxylation is 4. The Hall–Kier alpha value is -10.9. The van der Waals surface area contributed by atoms with Crippen molar-refractivity contribution in [3.8, 4) is 34.5 Å². The van der Waals surface area contributed by atoms with E-state index in [4.69, 9.17) is 56.8 Å². The molecule has 6 aromatic carbocycles. The molecule has 6 aromatic rings. The number of ether oxygens (including phenoxy) is 12. The van der Waals surface area contributed by atoms with E-state index in [0.717, 1.165) is 22.3 Å². The highest BCUT2D eigenvalue weighted by Gasteiger charge is 2.32. The van der Waals surface area contributed by atoms with Gasteiger partial charge < -0.3 is 87.5 Å². The summed E-state index contributed by atoms with van der Waals surface area (Å²) in [4.78, 5) is 75.1. The Morgan fingerprint density at radius 2 is 0.460 bits per heavy atom. The largest absolute Gasteiger partial charge is 0.490 e. The second-order valence-electron chi connectivity index (χ2n) is 29.1. The number of rotatable bonds is 46. The van der Waals surface area contributed by atoms with Crippen LogP contribution in [0, 0.1) is 27.7 Å². The van der Waals surface area contributed by atoms with Gasteiger partial charge >= 0.3 is 35.8 Å². The van der Waals surface area contributed by atoms with Crippen LogP contribution in [-0.4, -0.2) is 182 Å². The molecule has 113 heavy (non-hydrogen) atoms. The minimum atomic E-state index is -1.39. The van der Waals surface area contributed by atoms with E-state index in [9.17, 15) is 59.4 Å². The first kappa shape index (κ1) is 91.0. The third-order valence-electron chi connectivity index (χ3n) is 17.4. The second-order valence-corrected chi connectivity index (χ2v) is 29.1. The molecular weight excluding hydrogens is 1450 g/mol. The SMILES string of the molecule is C=C(C)C(=O)OCC(O)COc1ccc(C)cc1Cc1cc(C(C)(C)c2cc(Cc3cc(C)ccc3OCC(O)COC(=O)C(=C)C)c(OCC(O)COC(=O)C(=C)C)c(Cc3cc(C)ccc3OCC(O)COC(=O)C(=C)C)c2)cc(Cc2cc(C)ccc2OCC(O)COC(=O)C(=C)C)c1OCC(O)COC(=O)C(=C)C. The molecule has 6 rings (SSSR count). The summed E-state index contributed by atoms with van der Waals surface area (Å²) in [5, 5.41) is 67.9. The van der Waals surface area contributed by atoms with Gasteiger partial charge in [0.1, 0.15) is 150 Å². The molecule has 24 nitrogen and oxygen atoms in total. The van der Waals surface area contributed by atoms with Gasteiger partial charge in [-0.2, -0.15) is 0 Å². The maximum Gasteiger partial charge on any atom is 0.333 e. The number of carbonyl (C=O) groups excluding carboxylic acids is 6. The zero-order valence-electron chi connectivity index (χ0n) is 66.8. The van der Waals surface area contributed by atoms with Gasteiger partial charge in [-0.25, -0.2) is 28.8 Å². The fraction of sp³-hybridized carbons (Fsp3) is 0.393. The molecule has 0 spiro atoms. The van der Waals surface area contributed by atoms with Gasteiger partial charge in [-0.05, 0) is 149 Å². The quantitative estimate of drug-likeness (QED) is 0.0117. The van der Waals surface area contributed by atoms with Crippen molar-refractivity contribution in [3.63, 3.8) is 0 Å². The maximum atomic E-state index is 12.7. The molecule has 0 fully saturated rings. The van der Waals surface area contributed by atoms with Crippen molar-refractivity contribution in [2.75, 3.05) is 79.3 Å². The van der Waals surface area contributed by atoms with E-state index < -0.39 is 131 Å². The summed E-state index contributed by atoms with van der Waals surface area (Å²) in [5.74, 6) is -2.30. The molecule has 24 heteroatoms. The van der Waals surface area contributed by atoms with Crippen LogP contribution < -0.4 is 28.4 Å². The highest BCUT2D eigenvalue weighted by Crippen LogP contribution is 2.44. The summed E-state index contributed by atoms with van der Waals surface area (Å²) >= 11 is 0. The van der Waals surface area contributed by atoms with Gasteiger partial charge in [0.2, 0.25) is 0 Å². The minimum Gasteiger partial charge on any atom is -0.490 e. The first-order valence-electron chi connectivity index (χ1n) is 36.8. The molecule has 0 radical (unpaired) electrons. The Kier molecular flexibility index (Phi) is 34.8. The van der Waals surface area contributed by atoms with Crippen LogP contribution in [0.4, 0.5) is 0 Å².